The summed E-state index contributed by atoms with van der Waals surface area (Å²) in [6.07, 6.45) is 0. The zero-order valence-electron chi connectivity index (χ0n) is 13.0. The molecule has 0 unspecified atom stereocenters. The Morgan fingerprint density at radius 2 is 1.56 bits per heavy atom. The number of carboxylic acid groups (broad SMARTS) is 1. The van der Waals surface area contributed by atoms with Crippen LogP contribution in [0.15, 0.2) is 35.2 Å². The number of nitrogens with one attached hydrogen (secondary N) is 1. The standard InChI is InChI=1S/C15H13Cl2NO6S/c1-23-9-3-8(4-10(5-9)24-2)18-25(21,22)14-6-11(15(19)20)12(16)7-13(14)17/h3-7,18H,1-2H3,(H,19,20). The molecule has 2 aromatic carbocycles. The number of sulfonamides is 1. The molecule has 0 fully saturated rings. The van der Waals surface area contributed by atoms with Crippen LogP contribution in [0, 0.1) is 0 Å². The Hall–Kier alpha value is -2.16. The highest BCUT2D eigenvalue weighted by atomic mass is 35.5. The Labute approximate surface area is 154 Å². The molecule has 0 bridgehead atoms. The van der Waals surface area contributed by atoms with Gasteiger partial charge >= 0.3 is 5.97 Å². The number of methoxy groups -OCH3 is 2. The molecule has 0 amide bonds. The van der Waals surface area contributed by atoms with E-state index >= 15 is 0 Å². The highest BCUT2D eigenvalue weighted by Gasteiger charge is 2.23. The SMILES string of the molecule is COc1cc(NS(=O)(=O)c2cc(C(=O)O)c(Cl)cc2Cl)cc(OC)c1. The topological polar surface area (TPSA) is 102 Å². The van der Waals surface area contributed by atoms with E-state index < -0.39 is 20.9 Å². The number of hydrogen-bond acceptors (Lipinski definition) is 5. The van der Waals surface area contributed by atoms with Gasteiger partial charge in [-0.2, -0.15) is 0 Å². The third-order valence-corrected chi connectivity index (χ3v) is 5.30. The van der Waals surface area contributed by atoms with Crippen molar-refractivity contribution in [3.05, 3.63) is 45.9 Å². The van der Waals surface area contributed by atoms with Crippen LogP contribution in [-0.4, -0.2) is 33.7 Å². The van der Waals surface area contributed by atoms with Crippen LogP contribution in [0.2, 0.25) is 10.0 Å². The lowest BCUT2D eigenvalue weighted by atomic mass is 10.2. The van der Waals surface area contributed by atoms with Gasteiger partial charge in [-0.05, 0) is 12.1 Å². The number of anilines is 1. The van der Waals surface area contributed by atoms with Gasteiger partial charge in [-0.25, -0.2) is 13.2 Å². The quantitative estimate of drug-likeness (QED) is 0.761. The van der Waals surface area contributed by atoms with Gasteiger partial charge in [0, 0.05) is 18.2 Å². The van der Waals surface area contributed by atoms with E-state index in [-0.39, 0.29) is 21.3 Å². The van der Waals surface area contributed by atoms with E-state index in [1.807, 2.05) is 0 Å². The molecule has 2 rings (SSSR count). The maximum Gasteiger partial charge on any atom is 0.337 e. The second-order valence-electron chi connectivity index (χ2n) is 4.77. The molecule has 10 heteroatoms. The summed E-state index contributed by atoms with van der Waals surface area (Å²) in [7, 11) is -1.34. The smallest absolute Gasteiger partial charge is 0.337 e. The third-order valence-electron chi connectivity index (χ3n) is 3.15. The van der Waals surface area contributed by atoms with Crippen molar-refractivity contribution in [1.82, 2.24) is 0 Å². The lowest BCUT2D eigenvalue weighted by molar-refractivity contribution is 0.0697. The minimum atomic E-state index is -4.18. The van der Waals surface area contributed by atoms with Gasteiger partial charge in [-0.1, -0.05) is 23.2 Å². The molecule has 134 valence electrons. The van der Waals surface area contributed by atoms with E-state index in [9.17, 15) is 13.2 Å². The second-order valence-corrected chi connectivity index (χ2v) is 7.24. The molecule has 0 aliphatic rings. The number of carboxylic acids is 1. The highest BCUT2D eigenvalue weighted by molar-refractivity contribution is 7.92. The van der Waals surface area contributed by atoms with E-state index in [0.717, 1.165) is 12.1 Å². The predicted molar refractivity (Wildman–Crippen MR) is 93.8 cm³/mol. The molecule has 25 heavy (non-hydrogen) atoms. The molecule has 0 spiro atoms. The van der Waals surface area contributed by atoms with Crippen molar-refractivity contribution in [2.24, 2.45) is 0 Å². The molecule has 0 radical (unpaired) electrons. The van der Waals surface area contributed by atoms with Gasteiger partial charge in [-0.15, -0.1) is 0 Å². The monoisotopic (exact) mass is 405 g/mol. The summed E-state index contributed by atoms with van der Waals surface area (Å²) >= 11 is 11.7. The first-order valence-corrected chi connectivity index (χ1v) is 8.90. The molecule has 2 aromatic rings. The van der Waals surface area contributed by atoms with Gasteiger partial charge in [0.05, 0.1) is 35.5 Å². The van der Waals surface area contributed by atoms with Crippen LogP contribution in [0.3, 0.4) is 0 Å². The highest BCUT2D eigenvalue weighted by Crippen LogP contribution is 2.32. The van der Waals surface area contributed by atoms with Gasteiger partial charge < -0.3 is 14.6 Å². The first kappa shape index (κ1) is 19.2. The lowest BCUT2D eigenvalue weighted by Crippen LogP contribution is -2.15. The van der Waals surface area contributed by atoms with Crippen molar-refractivity contribution in [2.75, 3.05) is 18.9 Å². The number of aromatic carboxylic acids is 1. The summed E-state index contributed by atoms with van der Waals surface area (Å²) in [4.78, 5) is 10.7. The first-order valence-electron chi connectivity index (χ1n) is 6.66. The average molecular weight is 406 g/mol. The van der Waals surface area contributed by atoms with Crippen LogP contribution in [0.25, 0.3) is 0 Å². The van der Waals surface area contributed by atoms with Gasteiger partial charge in [0.1, 0.15) is 16.4 Å². The maximum atomic E-state index is 12.6. The summed E-state index contributed by atoms with van der Waals surface area (Å²) < 4.78 is 37.6. The van der Waals surface area contributed by atoms with Crippen LogP contribution >= 0.6 is 23.2 Å². The minimum absolute atomic E-state index is 0.152. The summed E-state index contributed by atoms with van der Waals surface area (Å²) in [5, 5.41) is 8.72. The Morgan fingerprint density at radius 1 is 1.00 bits per heavy atom. The van der Waals surface area contributed by atoms with E-state index in [2.05, 4.69) is 4.72 Å². The summed E-state index contributed by atoms with van der Waals surface area (Å²) in [6, 6.07) is 6.39. The molecule has 0 saturated carbocycles. The molecule has 0 heterocycles. The zero-order valence-corrected chi connectivity index (χ0v) is 15.4. The maximum absolute atomic E-state index is 12.6. The van der Waals surface area contributed by atoms with Gasteiger partial charge in [0.2, 0.25) is 0 Å². The predicted octanol–water partition coefficient (Wildman–Crippen LogP) is 3.51. The Bertz CT molecular complexity index is 908. The molecular weight excluding hydrogens is 393 g/mol. The lowest BCUT2D eigenvalue weighted by Gasteiger charge is -2.13. The van der Waals surface area contributed by atoms with Crippen LogP contribution in [-0.2, 0) is 10.0 Å². The van der Waals surface area contributed by atoms with Gasteiger partial charge in [0.15, 0.2) is 0 Å². The Balaban J connectivity index is 2.50. The van der Waals surface area contributed by atoms with Crippen molar-refractivity contribution < 1.29 is 27.8 Å². The number of carbonyl (C=O) groups is 1. The van der Waals surface area contributed by atoms with Crippen molar-refractivity contribution in [1.29, 1.82) is 0 Å². The third kappa shape index (κ3) is 4.28. The molecular formula is C15H13Cl2NO6S. The molecule has 7 nitrogen and oxygen atoms in total. The zero-order chi connectivity index (χ0) is 18.8. The second kappa shape index (κ2) is 7.38. The Morgan fingerprint density at radius 3 is 2.04 bits per heavy atom. The molecule has 0 atom stereocenters. The van der Waals surface area contributed by atoms with E-state index in [1.165, 1.54) is 26.4 Å². The number of benzene rings is 2. The normalized spacial score (nSPS) is 11.0. The van der Waals surface area contributed by atoms with Crippen LogP contribution in [0.1, 0.15) is 10.4 Å². The fourth-order valence-corrected chi connectivity index (χ4v) is 3.87. The summed E-state index contributed by atoms with van der Waals surface area (Å²) in [5.41, 5.74) is -0.228. The number of hydrogen-bond donors (Lipinski definition) is 2. The van der Waals surface area contributed by atoms with E-state index in [4.69, 9.17) is 37.8 Å². The van der Waals surface area contributed by atoms with E-state index in [0.29, 0.717) is 11.5 Å². The number of rotatable bonds is 6. The average Bonchev–Trinajstić information content (AvgIpc) is 2.53. The van der Waals surface area contributed by atoms with Crippen LogP contribution in [0.5, 0.6) is 11.5 Å². The number of ether oxygens (including phenoxy) is 2. The first-order chi connectivity index (χ1) is 11.7. The fraction of sp³-hybridized carbons (Fsp3) is 0.133. The molecule has 0 saturated heterocycles. The van der Waals surface area contributed by atoms with Gasteiger partial charge in [-0.3, -0.25) is 4.72 Å². The van der Waals surface area contributed by atoms with Crippen LogP contribution in [0.4, 0.5) is 5.69 Å². The van der Waals surface area contributed by atoms with Crippen molar-refractivity contribution >= 4 is 44.9 Å². The minimum Gasteiger partial charge on any atom is -0.497 e. The van der Waals surface area contributed by atoms with Crippen LogP contribution < -0.4 is 14.2 Å². The number of halogens is 2. The summed E-state index contributed by atoms with van der Waals surface area (Å²) in [5.74, 6) is -0.642. The molecule has 0 aliphatic carbocycles. The van der Waals surface area contributed by atoms with Crippen molar-refractivity contribution in [2.45, 2.75) is 4.90 Å². The van der Waals surface area contributed by atoms with E-state index in [1.54, 1.807) is 6.07 Å². The van der Waals surface area contributed by atoms with Crippen molar-refractivity contribution in [3.63, 3.8) is 0 Å². The fourth-order valence-electron chi connectivity index (χ4n) is 1.98. The van der Waals surface area contributed by atoms with Gasteiger partial charge in [0.25, 0.3) is 10.0 Å². The molecule has 0 aromatic heterocycles. The summed E-state index contributed by atoms with van der Waals surface area (Å²) in [6.45, 7) is 0. The van der Waals surface area contributed by atoms with Crippen molar-refractivity contribution in [3.8, 4) is 11.5 Å². The molecule has 0 aliphatic heterocycles. The largest absolute Gasteiger partial charge is 0.497 e. The Kier molecular flexibility index (Phi) is 5.66. The molecule has 2 N–H and O–H groups in total.